The molecule has 0 aromatic heterocycles. The summed E-state index contributed by atoms with van der Waals surface area (Å²) in [7, 11) is 1.72. The lowest BCUT2D eigenvalue weighted by atomic mass is 9.74. The molecule has 1 aliphatic rings. The van der Waals surface area contributed by atoms with Gasteiger partial charge in [0.1, 0.15) is 5.75 Å². The molecule has 0 amide bonds. The summed E-state index contributed by atoms with van der Waals surface area (Å²) in [6, 6.07) is 21.7. The fraction of sp³-hybridized carbons (Fsp3) is 0.250. The van der Waals surface area contributed by atoms with Crippen molar-refractivity contribution in [3.63, 3.8) is 0 Å². The molecule has 0 saturated heterocycles. The third-order valence-corrected chi connectivity index (χ3v) is 5.59. The number of rotatable bonds is 5. The Balaban J connectivity index is 1.89. The first-order valence-electron chi connectivity index (χ1n) is 9.23. The number of nitrogens with two attached hydrogens (primary N) is 1. The summed E-state index contributed by atoms with van der Waals surface area (Å²) in [6.45, 7) is 3.04. The Morgan fingerprint density at radius 1 is 1.04 bits per heavy atom. The quantitative estimate of drug-likeness (QED) is 0.700. The van der Waals surface area contributed by atoms with Crippen molar-refractivity contribution in [1.82, 2.24) is 0 Å². The summed E-state index contributed by atoms with van der Waals surface area (Å²) in [5, 5.41) is 2.71. The van der Waals surface area contributed by atoms with E-state index in [1.165, 1.54) is 33.0 Å². The van der Waals surface area contributed by atoms with E-state index in [9.17, 15) is 0 Å². The van der Waals surface area contributed by atoms with Crippen LogP contribution in [-0.2, 0) is 11.8 Å². The van der Waals surface area contributed by atoms with Gasteiger partial charge in [-0.1, -0.05) is 61.5 Å². The van der Waals surface area contributed by atoms with Crippen LogP contribution in [0, 0.1) is 0 Å². The van der Waals surface area contributed by atoms with Crippen LogP contribution in [0.2, 0.25) is 0 Å². The fourth-order valence-corrected chi connectivity index (χ4v) is 4.41. The molecule has 2 nitrogen and oxygen atoms in total. The second-order valence-electron chi connectivity index (χ2n) is 7.26. The largest absolute Gasteiger partial charge is 0.497 e. The molecule has 0 saturated carbocycles. The number of methoxy groups -OCH3 is 1. The van der Waals surface area contributed by atoms with Crippen LogP contribution in [0.4, 0.5) is 0 Å². The summed E-state index contributed by atoms with van der Waals surface area (Å²) in [6.07, 6.45) is 4.18. The van der Waals surface area contributed by atoms with Gasteiger partial charge >= 0.3 is 0 Å². The molecule has 0 fully saturated rings. The maximum atomic E-state index is 5.83. The van der Waals surface area contributed by atoms with Crippen LogP contribution < -0.4 is 10.5 Å². The van der Waals surface area contributed by atoms with Crippen LogP contribution in [0.3, 0.4) is 0 Å². The standard InChI is InChI=1S/C24H25NO/c1-24(16-17-7-3-10-19(15-17)26-2)21(13-6-14-25)20-11-4-8-18-9-5-12-22(24)23(18)20/h3-5,7-13,15H,6,14,16,25H2,1-2H3/b21-13+. The molecule has 1 aliphatic carbocycles. The van der Waals surface area contributed by atoms with E-state index >= 15 is 0 Å². The molecule has 0 radical (unpaired) electrons. The Morgan fingerprint density at radius 3 is 2.58 bits per heavy atom. The SMILES string of the molecule is COc1cccc(CC2(C)/C(=C/CCN)c3cccc4cccc2c34)c1. The Morgan fingerprint density at radius 2 is 1.81 bits per heavy atom. The first-order valence-corrected chi connectivity index (χ1v) is 9.23. The highest BCUT2D eigenvalue weighted by Gasteiger charge is 2.39. The minimum atomic E-state index is -0.0648. The second kappa shape index (κ2) is 6.62. The summed E-state index contributed by atoms with van der Waals surface area (Å²) in [5.41, 5.74) is 11.2. The van der Waals surface area contributed by atoms with E-state index in [0.29, 0.717) is 6.54 Å². The van der Waals surface area contributed by atoms with Gasteiger partial charge in [0.05, 0.1) is 7.11 Å². The van der Waals surface area contributed by atoms with Gasteiger partial charge < -0.3 is 10.5 Å². The topological polar surface area (TPSA) is 35.2 Å². The molecule has 1 unspecified atom stereocenters. The monoisotopic (exact) mass is 343 g/mol. The van der Waals surface area contributed by atoms with Crippen LogP contribution in [-0.4, -0.2) is 13.7 Å². The predicted octanol–water partition coefficient (Wildman–Crippen LogP) is 5.09. The summed E-state index contributed by atoms with van der Waals surface area (Å²) >= 11 is 0. The Labute approximate surface area is 155 Å². The van der Waals surface area contributed by atoms with Gasteiger partial charge in [-0.15, -0.1) is 0 Å². The van der Waals surface area contributed by atoms with Crippen LogP contribution in [0.25, 0.3) is 16.3 Å². The number of ether oxygens (including phenoxy) is 1. The van der Waals surface area contributed by atoms with Crippen molar-refractivity contribution in [3.8, 4) is 5.75 Å². The molecule has 4 rings (SSSR count). The van der Waals surface area contributed by atoms with E-state index < -0.39 is 0 Å². The van der Waals surface area contributed by atoms with Crippen molar-refractivity contribution in [3.05, 3.63) is 83.4 Å². The van der Waals surface area contributed by atoms with Gasteiger partial charge in [0.25, 0.3) is 0 Å². The first kappa shape index (κ1) is 16.9. The van der Waals surface area contributed by atoms with Crippen LogP contribution >= 0.6 is 0 Å². The molecule has 3 aromatic carbocycles. The third kappa shape index (κ3) is 2.62. The lowest BCUT2D eigenvalue weighted by Gasteiger charge is -2.29. The maximum absolute atomic E-state index is 5.83. The third-order valence-electron chi connectivity index (χ3n) is 5.59. The molecule has 3 aromatic rings. The zero-order valence-corrected chi connectivity index (χ0v) is 15.5. The Kier molecular flexibility index (Phi) is 4.29. The zero-order chi connectivity index (χ0) is 18.1. The average molecular weight is 343 g/mol. The molecule has 2 N–H and O–H groups in total. The molecule has 1 atom stereocenters. The van der Waals surface area contributed by atoms with E-state index in [4.69, 9.17) is 10.5 Å². The predicted molar refractivity (Wildman–Crippen MR) is 110 cm³/mol. The summed E-state index contributed by atoms with van der Waals surface area (Å²) < 4.78 is 5.43. The van der Waals surface area contributed by atoms with E-state index in [2.05, 4.69) is 67.6 Å². The highest BCUT2D eigenvalue weighted by molar-refractivity contribution is 6.05. The highest BCUT2D eigenvalue weighted by atomic mass is 16.5. The minimum absolute atomic E-state index is 0.0648. The van der Waals surface area contributed by atoms with Gasteiger partial charge in [-0.2, -0.15) is 0 Å². The second-order valence-corrected chi connectivity index (χ2v) is 7.26. The summed E-state index contributed by atoms with van der Waals surface area (Å²) in [4.78, 5) is 0. The molecular weight excluding hydrogens is 318 g/mol. The van der Waals surface area contributed by atoms with Crippen LogP contribution in [0.5, 0.6) is 5.75 Å². The van der Waals surface area contributed by atoms with Gasteiger partial charge in [-0.05, 0) is 64.6 Å². The van der Waals surface area contributed by atoms with E-state index in [1.807, 2.05) is 6.07 Å². The molecule has 0 bridgehead atoms. The smallest absolute Gasteiger partial charge is 0.119 e. The van der Waals surface area contributed by atoms with Crippen molar-refractivity contribution in [2.75, 3.05) is 13.7 Å². The van der Waals surface area contributed by atoms with Gasteiger partial charge in [0, 0.05) is 5.41 Å². The van der Waals surface area contributed by atoms with E-state index in [1.54, 1.807) is 7.11 Å². The molecule has 2 heteroatoms. The molecular formula is C24H25NO. The molecule has 0 spiro atoms. The lowest BCUT2D eigenvalue weighted by Crippen LogP contribution is -2.23. The molecule has 132 valence electrons. The maximum Gasteiger partial charge on any atom is 0.119 e. The number of benzene rings is 3. The molecule has 0 aliphatic heterocycles. The van der Waals surface area contributed by atoms with Gasteiger partial charge in [-0.25, -0.2) is 0 Å². The molecule has 26 heavy (non-hydrogen) atoms. The average Bonchev–Trinajstić information content (AvgIpc) is 2.90. The highest BCUT2D eigenvalue weighted by Crippen LogP contribution is 2.52. The van der Waals surface area contributed by atoms with Crippen molar-refractivity contribution in [2.45, 2.75) is 25.2 Å². The lowest BCUT2D eigenvalue weighted by molar-refractivity contribution is 0.414. The van der Waals surface area contributed by atoms with E-state index in [0.717, 1.165) is 18.6 Å². The van der Waals surface area contributed by atoms with Crippen LogP contribution in [0.1, 0.15) is 30.0 Å². The number of hydrogen-bond donors (Lipinski definition) is 1. The number of allylic oxidation sites excluding steroid dienone is 1. The normalized spacial score (nSPS) is 20.0. The Bertz CT molecular complexity index is 983. The van der Waals surface area contributed by atoms with Gasteiger partial charge in [0.2, 0.25) is 0 Å². The van der Waals surface area contributed by atoms with Crippen molar-refractivity contribution in [1.29, 1.82) is 0 Å². The first-order chi connectivity index (χ1) is 12.7. The van der Waals surface area contributed by atoms with Crippen LogP contribution in [0.15, 0.2) is 66.7 Å². The van der Waals surface area contributed by atoms with Gasteiger partial charge in [-0.3, -0.25) is 0 Å². The fourth-order valence-electron chi connectivity index (χ4n) is 4.41. The van der Waals surface area contributed by atoms with E-state index in [-0.39, 0.29) is 5.41 Å². The minimum Gasteiger partial charge on any atom is -0.497 e. The van der Waals surface area contributed by atoms with Gasteiger partial charge in [0.15, 0.2) is 0 Å². The molecule has 0 heterocycles. The Hall–Kier alpha value is -2.58. The van der Waals surface area contributed by atoms with Crippen molar-refractivity contribution >= 4 is 16.3 Å². The zero-order valence-electron chi connectivity index (χ0n) is 15.5. The number of hydrogen-bond acceptors (Lipinski definition) is 2. The van der Waals surface area contributed by atoms with Crippen molar-refractivity contribution < 1.29 is 4.74 Å². The summed E-state index contributed by atoms with van der Waals surface area (Å²) in [5.74, 6) is 0.910. The van der Waals surface area contributed by atoms with Crippen molar-refractivity contribution in [2.24, 2.45) is 5.73 Å².